The molecule has 0 aliphatic carbocycles. The molecule has 2 heterocycles. The number of para-hydroxylation sites is 1. The Hall–Kier alpha value is -2.65. The number of rotatable bonds is 4. The minimum atomic E-state index is 0.507. The van der Waals surface area contributed by atoms with Crippen LogP contribution >= 0.6 is 11.3 Å². The second kappa shape index (κ2) is 5.77. The molecule has 0 spiro atoms. The standard InChI is InChI=1S/C15H12N4OS/c1-20-12-4-2-3-11-14(10(7-16)8-18-15(11)12)19-9-13-17-5-6-21-13/h2-6,8H,9H2,1H3,(H,18,19). The van der Waals surface area contributed by atoms with Gasteiger partial charge >= 0.3 is 0 Å². The number of benzene rings is 1. The molecule has 3 aromatic rings. The molecule has 104 valence electrons. The molecular weight excluding hydrogens is 284 g/mol. The zero-order valence-corrected chi connectivity index (χ0v) is 12.1. The summed E-state index contributed by atoms with van der Waals surface area (Å²) < 4.78 is 5.32. The van der Waals surface area contributed by atoms with Gasteiger partial charge in [0.05, 0.1) is 24.9 Å². The molecule has 0 aliphatic rings. The molecule has 0 amide bonds. The van der Waals surface area contributed by atoms with Crippen molar-refractivity contribution in [3.63, 3.8) is 0 Å². The summed E-state index contributed by atoms with van der Waals surface area (Å²) in [6.07, 6.45) is 3.33. The third kappa shape index (κ3) is 2.51. The second-order valence-corrected chi connectivity index (χ2v) is 5.27. The van der Waals surface area contributed by atoms with Crippen LogP contribution in [0.25, 0.3) is 10.9 Å². The van der Waals surface area contributed by atoms with Crippen molar-refractivity contribution < 1.29 is 4.74 Å². The summed E-state index contributed by atoms with van der Waals surface area (Å²) in [6.45, 7) is 0.572. The minimum Gasteiger partial charge on any atom is -0.494 e. The van der Waals surface area contributed by atoms with Crippen LogP contribution in [-0.4, -0.2) is 17.1 Å². The predicted molar refractivity (Wildman–Crippen MR) is 82.5 cm³/mol. The third-order valence-electron chi connectivity index (χ3n) is 3.10. The van der Waals surface area contributed by atoms with Gasteiger partial charge in [-0.05, 0) is 6.07 Å². The van der Waals surface area contributed by atoms with E-state index in [-0.39, 0.29) is 0 Å². The van der Waals surface area contributed by atoms with Gasteiger partial charge in [0.25, 0.3) is 0 Å². The molecule has 0 bridgehead atoms. The fourth-order valence-corrected chi connectivity index (χ4v) is 2.70. The smallest absolute Gasteiger partial charge is 0.145 e. The number of ether oxygens (including phenoxy) is 1. The number of aromatic nitrogens is 2. The van der Waals surface area contributed by atoms with Gasteiger partial charge in [-0.25, -0.2) is 4.98 Å². The lowest BCUT2D eigenvalue weighted by molar-refractivity contribution is 0.419. The van der Waals surface area contributed by atoms with Crippen LogP contribution in [0.4, 0.5) is 5.69 Å². The van der Waals surface area contributed by atoms with Crippen molar-refractivity contribution in [3.8, 4) is 11.8 Å². The van der Waals surface area contributed by atoms with E-state index < -0.39 is 0 Å². The van der Waals surface area contributed by atoms with Crippen LogP contribution in [0.15, 0.2) is 36.0 Å². The number of fused-ring (bicyclic) bond motifs is 1. The van der Waals surface area contributed by atoms with Crippen LogP contribution < -0.4 is 10.1 Å². The number of anilines is 1. The molecule has 1 N–H and O–H groups in total. The van der Waals surface area contributed by atoms with Gasteiger partial charge in [-0.1, -0.05) is 12.1 Å². The van der Waals surface area contributed by atoms with Crippen molar-refractivity contribution in [1.82, 2.24) is 9.97 Å². The van der Waals surface area contributed by atoms with Gasteiger partial charge in [-0.15, -0.1) is 11.3 Å². The molecule has 6 heteroatoms. The van der Waals surface area contributed by atoms with Gasteiger partial charge < -0.3 is 10.1 Å². The van der Waals surface area contributed by atoms with Crippen molar-refractivity contribution >= 4 is 27.9 Å². The molecule has 0 saturated heterocycles. The van der Waals surface area contributed by atoms with Crippen LogP contribution in [0.1, 0.15) is 10.6 Å². The summed E-state index contributed by atoms with van der Waals surface area (Å²) in [5, 5.41) is 16.3. The highest BCUT2D eigenvalue weighted by Crippen LogP contribution is 2.31. The van der Waals surface area contributed by atoms with Crippen molar-refractivity contribution in [1.29, 1.82) is 5.26 Å². The SMILES string of the molecule is COc1cccc2c(NCc3nccs3)c(C#N)cnc12. The van der Waals surface area contributed by atoms with Crippen molar-refractivity contribution in [2.45, 2.75) is 6.54 Å². The lowest BCUT2D eigenvalue weighted by Crippen LogP contribution is -2.03. The van der Waals surface area contributed by atoms with Crippen molar-refractivity contribution in [2.24, 2.45) is 0 Å². The molecule has 0 atom stereocenters. The Morgan fingerprint density at radius 1 is 1.38 bits per heavy atom. The normalized spacial score (nSPS) is 10.3. The Bertz CT molecular complexity index is 808. The fourth-order valence-electron chi connectivity index (χ4n) is 2.14. The Morgan fingerprint density at radius 3 is 3.00 bits per heavy atom. The second-order valence-electron chi connectivity index (χ2n) is 4.29. The molecule has 0 radical (unpaired) electrons. The van der Waals surface area contributed by atoms with Gasteiger partial charge in [0.15, 0.2) is 0 Å². The number of hydrogen-bond donors (Lipinski definition) is 1. The predicted octanol–water partition coefficient (Wildman–Crippen LogP) is 3.18. The van der Waals surface area contributed by atoms with E-state index in [0.717, 1.165) is 21.6 Å². The van der Waals surface area contributed by atoms with E-state index in [0.29, 0.717) is 17.9 Å². The van der Waals surface area contributed by atoms with Gasteiger partial charge in [0, 0.05) is 23.2 Å². The van der Waals surface area contributed by atoms with E-state index in [1.165, 1.54) is 0 Å². The van der Waals surface area contributed by atoms with E-state index in [2.05, 4.69) is 21.4 Å². The number of nitriles is 1. The minimum absolute atomic E-state index is 0.507. The topological polar surface area (TPSA) is 70.8 Å². The summed E-state index contributed by atoms with van der Waals surface area (Å²) in [6, 6.07) is 7.84. The van der Waals surface area contributed by atoms with E-state index >= 15 is 0 Å². The van der Waals surface area contributed by atoms with E-state index in [4.69, 9.17) is 4.74 Å². The van der Waals surface area contributed by atoms with Crippen LogP contribution in [0.5, 0.6) is 5.75 Å². The van der Waals surface area contributed by atoms with E-state index in [1.54, 1.807) is 30.8 Å². The van der Waals surface area contributed by atoms with Gasteiger partial charge in [-0.3, -0.25) is 4.98 Å². The molecule has 0 unspecified atom stereocenters. The zero-order chi connectivity index (χ0) is 14.7. The summed E-state index contributed by atoms with van der Waals surface area (Å²) in [4.78, 5) is 8.56. The molecule has 5 nitrogen and oxygen atoms in total. The summed E-state index contributed by atoms with van der Waals surface area (Å²) >= 11 is 1.57. The van der Waals surface area contributed by atoms with Gasteiger partial charge in [-0.2, -0.15) is 5.26 Å². The first kappa shape index (κ1) is 13.3. The lowest BCUT2D eigenvalue weighted by Gasteiger charge is -2.12. The Labute approximate surface area is 125 Å². The average molecular weight is 296 g/mol. The number of nitrogens with zero attached hydrogens (tertiary/aromatic N) is 3. The van der Waals surface area contributed by atoms with Crippen LogP contribution in [0.2, 0.25) is 0 Å². The van der Waals surface area contributed by atoms with Gasteiger partial charge in [0.2, 0.25) is 0 Å². The highest BCUT2D eigenvalue weighted by atomic mass is 32.1. The summed E-state index contributed by atoms with van der Waals surface area (Å²) in [5.41, 5.74) is 2.00. The molecule has 3 rings (SSSR count). The average Bonchev–Trinajstić information content (AvgIpc) is 3.05. The molecule has 1 aromatic carbocycles. The van der Waals surface area contributed by atoms with Gasteiger partial charge in [0.1, 0.15) is 22.3 Å². The van der Waals surface area contributed by atoms with Crippen LogP contribution in [-0.2, 0) is 6.54 Å². The van der Waals surface area contributed by atoms with E-state index in [9.17, 15) is 5.26 Å². The summed E-state index contributed by atoms with van der Waals surface area (Å²) in [5.74, 6) is 0.689. The van der Waals surface area contributed by atoms with Crippen LogP contribution in [0, 0.1) is 11.3 Å². The number of nitrogens with one attached hydrogen (secondary N) is 1. The molecule has 0 fully saturated rings. The molecule has 21 heavy (non-hydrogen) atoms. The first-order valence-corrected chi connectivity index (χ1v) is 7.19. The maximum absolute atomic E-state index is 9.29. The number of thiazole rings is 1. The highest BCUT2D eigenvalue weighted by molar-refractivity contribution is 7.09. The van der Waals surface area contributed by atoms with E-state index in [1.807, 2.05) is 23.6 Å². The monoisotopic (exact) mass is 296 g/mol. The Balaban J connectivity index is 2.07. The maximum Gasteiger partial charge on any atom is 0.145 e. The zero-order valence-electron chi connectivity index (χ0n) is 11.3. The lowest BCUT2D eigenvalue weighted by atomic mass is 10.1. The number of methoxy groups -OCH3 is 1. The summed E-state index contributed by atoms with van der Waals surface area (Å²) in [7, 11) is 1.61. The molecular formula is C15H12N4OS. The third-order valence-corrected chi connectivity index (χ3v) is 3.88. The Morgan fingerprint density at radius 2 is 2.29 bits per heavy atom. The highest BCUT2D eigenvalue weighted by Gasteiger charge is 2.12. The first-order chi connectivity index (χ1) is 10.3. The van der Waals surface area contributed by atoms with Crippen LogP contribution in [0.3, 0.4) is 0 Å². The molecule has 0 saturated carbocycles. The maximum atomic E-state index is 9.29. The Kier molecular flexibility index (Phi) is 3.67. The number of pyridine rings is 1. The fraction of sp³-hybridized carbons (Fsp3) is 0.133. The molecule has 0 aliphatic heterocycles. The largest absolute Gasteiger partial charge is 0.494 e. The van der Waals surface area contributed by atoms with Crippen molar-refractivity contribution in [3.05, 3.63) is 46.5 Å². The molecule has 2 aromatic heterocycles. The van der Waals surface area contributed by atoms with Crippen molar-refractivity contribution in [2.75, 3.05) is 12.4 Å². The number of hydrogen-bond acceptors (Lipinski definition) is 6. The quantitative estimate of drug-likeness (QED) is 0.800. The first-order valence-electron chi connectivity index (χ1n) is 6.31.